The molecule has 6 atom stereocenters. The van der Waals surface area contributed by atoms with E-state index >= 15 is 0 Å². The summed E-state index contributed by atoms with van der Waals surface area (Å²) in [6.07, 6.45) is -7.63. The Bertz CT molecular complexity index is 764. The Labute approximate surface area is 214 Å². The normalized spacial score (nSPS) is 29.0. The van der Waals surface area contributed by atoms with Crippen molar-refractivity contribution in [1.82, 2.24) is 0 Å². The molecule has 2 rings (SSSR count). The van der Waals surface area contributed by atoms with Gasteiger partial charge in [-0.15, -0.1) is 0 Å². The Morgan fingerprint density at radius 1 is 1.21 bits per heavy atom. The van der Waals surface area contributed by atoms with Gasteiger partial charge >= 0.3 is 51.4 Å². The average molecular weight is 478 g/mol. The molecule has 0 aliphatic carbocycles. The van der Waals surface area contributed by atoms with Crippen LogP contribution in [0.3, 0.4) is 0 Å². The van der Waals surface area contributed by atoms with E-state index in [1.165, 1.54) is 0 Å². The molecule has 5 N–H and O–H groups in total. The fraction of sp³-hybridized carbons (Fsp3) is 0.533. The summed E-state index contributed by atoms with van der Waals surface area (Å²) < 4.78 is 41.2. The number of aliphatic hydroxyl groups is 5. The number of oxime groups is 1. The third-order valence-corrected chi connectivity index (χ3v) is 5.33. The van der Waals surface area contributed by atoms with Crippen molar-refractivity contribution < 1.29 is 98.9 Å². The number of ether oxygens (including phenoxy) is 1. The van der Waals surface area contributed by atoms with E-state index < -0.39 is 58.0 Å². The van der Waals surface area contributed by atoms with Gasteiger partial charge < -0.3 is 34.8 Å². The molecule has 29 heavy (non-hydrogen) atoms. The van der Waals surface area contributed by atoms with Crippen molar-refractivity contribution in [3.63, 3.8) is 0 Å². The van der Waals surface area contributed by atoms with Crippen LogP contribution in [0, 0.1) is 0 Å². The maximum atomic E-state index is 10.7. The van der Waals surface area contributed by atoms with Crippen molar-refractivity contribution in [2.45, 2.75) is 42.4 Å². The van der Waals surface area contributed by atoms with Crippen molar-refractivity contribution in [2.24, 2.45) is 5.16 Å². The largest absolute Gasteiger partial charge is 1.00 e. The van der Waals surface area contributed by atoms with Crippen molar-refractivity contribution in [2.75, 3.05) is 6.61 Å². The van der Waals surface area contributed by atoms with Crippen LogP contribution in [0.1, 0.15) is 5.56 Å². The van der Waals surface area contributed by atoms with Crippen molar-refractivity contribution >= 4 is 27.2 Å². The molecule has 158 valence electrons. The summed E-state index contributed by atoms with van der Waals surface area (Å²) in [5, 5.41) is 52.0. The Morgan fingerprint density at radius 3 is 2.38 bits per heavy atom. The summed E-state index contributed by atoms with van der Waals surface area (Å²) >= 11 is 0.484. The molecular formula is C15H20KNO10S2. The second kappa shape index (κ2) is 12.4. The van der Waals surface area contributed by atoms with E-state index in [2.05, 4.69) is 9.44 Å². The summed E-state index contributed by atoms with van der Waals surface area (Å²) in [6, 6.07) is 8.54. The molecule has 1 saturated heterocycles. The van der Waals surface area contributed by atoms with Gasteiger partial charge in [0.2, 0.25) is 0 Å². The number of thioether (sulfide) groups is 1. The fourth-order valence-corrected chi connectivity index (χ4v) is 3.73. The zero-order valence-corrected chi connectivity index (χ0v) is 20.1. The summed E-state index contributed by atoms with van der Waals surface area (Å²) in [5.74, 6) is 0. The molecule has 1 aliphatic rings. The smallest absolute Gasteiger partial charge is 0.714 e. The molecule has 1 heterocycles. The van der Waals surface area contributed by atoms with Gasteiger partial charge in [-0.25, -0.2) is 0 Å². The summed E-state index contributed by atoms with van der Waals surface area (Å²) in [5.41, 5.74) is -0.695. The van der Waals surface area contributed by atoms with Crippen molar-refractivity contribution in [1.29, 1.82) is 0 Å². The maximum absolute atomic E-state index is 10.7. The van der Waals surface area contributed by atoms with Crippen LogP contribution in [0.15, 0.2) is 35.5 Å². The number of hydrogen-bond donors (Lipinski definition) is 5. The van der Waals surface area contributed by atoms with Gasteiger partial charge in [-0.3, -0.25) is 4.28 Å². The molecule has 1 aliphatic heterocycles. The zero-order valence-electron chi connectivity index (χ0n) is 15.3. The number of hydrogen-bond acceptors (Lipinski definition) is 12. The molecule has 14 heteroatoms. The first-order valence-electron chi connectivity index (χ1n) is 8.04. The van der Waals surface area contributed by atoms with E-state index in [0.717, 1.165) is 0 Å². The third kappa shape index (κ3) is 8.42. The van der Waals surface area contributed by atoms with Crippen LogP contribution in [0.5, 0.6) is 0 Å². The molecule has 0 aromatic heterocycles. The molecule has 6 unspecified atom stereocenters. The molecule has 0 bridgehead atoms. The van der Waals surface area contributed by atoms with Crippen LogP contribution >= 0.6 is 11.8 Å². The fourth-order valence-electron chi connectivity index (χ4n) is 2.45. The van der Waals surface area contributed by atoms with E-state index in [9.17, 15) is 38.5 Å². The quantitative estimate of drug-likeness (QED) is 0.0631. The van der Waals surface area contributed by atoms with E-state index in [1.807, 2.05) is 0 Å². The number of benzene rings is 1. The second-order valence-corrected chi connectivity index (χ2v) is 8.02. The molecule has 1 fully saturated rings. The molecule has 11 nitrogen and oxygen atoms in total. The number of rotatable bonds is 7. The Hall–Kier alpha value is 0.346. The second-order valence-electron chi connectivity index (χ2n) is 5.93. The van der Waals surface area contributed by atoms with Crippen LogP contribution in [0.25, 0.3) is 0 Å². The minimum Gasteiger partial charge on any atom is -0.714 e. The van der Waals surface area contributed by atoms with Gasteiger partial charge in [-0.1, -0.05) is 47.2 Å². The van der Waals surface area contributed by atoms with E-state index in [0.29, 0.717) is 17.3 Å². The average Bonchev–Trinajstić information content (AvgIpc) is 2.65. The molecule has 0 amide bonds. The summed E-state index contributed by atoms with van der Waals surface area (Å²) in [6.45, 7) is -0.674. The number of aliphatic hydroxyl groups excluding tert-OH is 5. The standard InChI is InChI=1S/C15H21NO10S2.K/c17-7-10-11(19)12(20)13(21)15(25-10)27-14(16-26-28(22,23)24)9(18)6-8-4-2-1-3-5-8;/h1-5,9-13,15,17-21H,6-7H2,(H,22,23,24);/q;+1/p-1/b16-14+;. The molecule has 1 aromatic rings. The molecule has 0 saturated carbocycles. The van der Waals surface area contributed by atoms with Gasteiger partial charge in [-0.05, 0) is 5.56 Å². The Balaban J connectivity index is 0.00000420. The predicted octanol–water partition coefficient (Wildman–Crippen LogP) is -5.08. The number of nitrogens with zero attached hydrogens (tertiary/aromatic N) is 1. The first-order valence-corrected chi connectivity index (χ1v) is 10.2. The minimum atomic E-state index is -5.21. The molecule has 1 aromatic carbocycles. The van der Waals surface area contributed by atoms with Gasteiger partial charge in [0.1, 0.15) is 41.0 Å². The predicted molar refractivity (Wildman–Crippen MR) is 95.7 cm³/mol. The van der Waals surface area contributed by atoms with E-state index in [4.69, 9.17) is 4.74 Å². The first kappa shape index (κ1) is 27.4. The van der Waals surface area contributed by atoms with Gasteiger partial charge in [0.25, 0.3) is 10.4 Å². The maximum Gasteiger partial charge on any atom is 1.00 e. The SMILES string of the molecule is O=S(=O)([O-])O/N=C(/SC1OC(CO)C(O)C(O)C1O)C(O)Cc1ccccc1.[K+]. The molecule has 0 spiro atoms. The Morgan fingerprint density at radius 2 is 1.83 bits per heavy atom. The van der Waals surface area contributed by atoms with Crippen LogP contribution in [0.4, 0.5) is 0 Å². The van der Waals surface area contributed by atoms with Crippen LogP contribution in [-0.4, -0.2) is 86.1 Å². The van der Waals surface area contributed by atoms with Gasteiger partial charge in [0.05, 0.1) is 6.61 Å². The molecule has 0 radical (unpaired) electrons. The molecular weight excluding hydrogens is 457 g/mol. The van der Waals surface area contributed by atoms with Gasteiger partial charge in [0, 0.05) is 6.42 Å². The first-order chi connectivity index (χ1) is 13.1. The van der Waals surface area contributed by atoms with Gasteiger partial charge in [0.15, 0.2) is 0 Å². The van der Waals surface area contributed by atoms with Crippen molar-refractivity contribution in [3.8, 4) is 0 Å². The minimum absolute atomic E-state index is 0. The van der Waals surface area contributed by atoms with Crippen LogP contribution in [-0.2, 0) is 25.8 Å². The topological polar surface area (TPSA) is 189 Å². The van der Waals surface area contributed by atoms with Gasteiger partial charge in [-0.2, -0.15) is 8.42 Å². The Kier molecular flexibility index (Phi) is 11.7. The van der Waals surface area contributed by atoms with Crippen molar-refractivity contribution in [3.05, 3.63) is 35.9 Å². The van der Waals surface area contributed by atoms with Crippen LogP contribution in [0.2, 0.25) is 0 Å². The monoisotopic (exact) mass is 477 g/mol. The van der Waals surface area contributed by atoms with E-state index in [-0.39, 0.29) is 57.8 Å². The van der Waals surface area contributed by atoms with Crippen LogP contribution < -0.4 is 51.4 Å². The van der Waals surface area contributed by atoms with E-state index in [1.54, 1.807) is 30.3 Å². The summed E-state index contributed by atoms with van der Waals surface area (Å²) in [7, 11) is -5.21. The third-order valence-electron chi connectivity index (χ3n) is 3.86. The summed E-state index contributed by atoms with van der Waals surface area (Å²) in [4.78, 5) is 0. The zero-order chi connectivity index (χ0) is 20.9.